The van der Waals surface area contributed by atoms with E-state index in [1.165, 1.54) is 12.1 Å². The van der Waals surface area contributed by atoms with E-state index in [1.54, 1.807) is 12.1 Å². The van der Waals surface area contributed by atoms with Gasteiger partial charge < -0.3 is 14.8 Å². The molecule has 0 unspecified atom stereocenters. The monoisotopic (exact) mass is 343 g/mol. The van der Waals surface area contributed by atoms with Crippen molar-refractivity contribution in [3.05, 3.63) is 59.4 Å². The highest BCUT2D eigenvalue weighted by Crippen LogP contribution is 2.34. The Balaban J connectivity index is 1.74. The lowest BCUT2D eigenvalue weighted by Gasteiger charge is -2.25. The minimum Gasteiger partial charge on any atom is -0.486 e. The Morgan fingerprint density at radius 2 is 1.88 bits per heavy atom. The molecule has 0 aliphatic carbocycles. The maximum absolute atomic E-state index is 13.3. The zero-order valence-electron chi connectivity index (χ0n) is 14.4. The standard InChI is InChI=1S/C20H22FNO3/c1-13(2)20(15-6-7-17-18(12-15)25-9-8-24-17)22-19(23)11-14-4-3-5-16(21)10-14/h3-7,10,12-13,20H,8-9,11H2,1-2H3,(H,22,23)/t20-/m1/s1. The Labute approximate surface area is 147 Å². The van der Waals surface area contributed by atoms with Crippen LogP contribution in [-0.2, 0) is 11.2 Å². The largest absolute Gasteiger partial charge is 0.486 e. The number of carbonyl (C=O) groups excluding carboxylic acids is 1. The van der Waals surface area contributed by atoms with Gasteiger partial charge in [-0.1, -0.05) is 32.0 Å². The quantitative estimate of drug-likeness (QED) is 0.901. The van der Waals surface area contributed by atoms with Crippen molar-refractivity contribution in [2.45, 2.75) is 26.3 Å². The van der Waals surface area contributed by atoms with E-state index in [9.17, 15) is 9.18 Å². The van der Waals surface area contributed by atoms with Crippen LogP contribution in [0.1, 0.15) is 31.0 Å². The number of hydrogen-bond acceptors (Lipinski definition) is 3. The number of ether oxygens (including phenoxy) is 2. The van der Waals surface area contributed by atoms with Gasteiger partial charge in [0, 0.05) is 0 Å². The van der Waals surface area contributed by atoms with Crippen LogP contribution in [0, 0.1) is 11.7 Å². The highest BCUT2D eigenvalue weighted by atomic mass is 19.1. The first-order chi connectivity index (χ1) is 12.0. The van der Waals surface area contributed by atoms with Crippen molar-refractivity contribution < 1.29 is 18.7 Å². The summed E-state index contributed by atoms with van der Waals surface area (Å²) in [7, 11) is 0. The number of benzene rings is 2. The molecule has 1 aliphatic heterocycles. The van der Waals surface area contributed by atoms with Crippen molar-refractivity contribution in [1.29, 1.82) is 0 Å². The van der Waals surface area contributed by atoms with Crippen LogP contribution in [0.3, 0.4) is 0 Å². The van der Waals surface area contributed by atoms with E-state index in [0.29, 0.717) is 24.5 Å². The van der Waals surface area contributed by atoms with Gasteiger partial charge in [-0.3, -0.25) is 4.79 Å². The predicted octanol–water partition coefficient (Wildman–Crippen LogP) is 3.65. The smallest absolute Gasteiger partial charge is 0.224 e. The Hall–Kier alpha value is -2.56. The van der Waals surface area contributed by atoms with Crippen molar-refractivity contribution in [3.63, 3.8) is 0 Å². The Bertz CT molecular complexity index is 760. The summed E-state index contributed by atoms with van der Waals surface area (Å²) in [5.74, 6) is 1.15. The Morgan fingerprint density at radius 1 is 1.12 bits per heavy atom. The van der Waals surface area contributed by atoms with E-state index in [4.69, 9.17) is 9.47 Å². The summed E-state index contributed by atoms with van der Waals surface area (Å²) in [6.45, 7) is 5.16. The third-order valence-corrected chi connectivity index (χ3v) is 4.16. The minimum absolute atomic E-state index is 0.140. The van der Waals surface area contributed by atoms with Gasteiger partial charge in [-0.2, -0.15) is 0 Å². The van der Waals surface area contributed by atoms with Gasteiger partial charge in [-0.25, -0.2) is 4.39 Å². The zero-order chi connectivity index (χ0) is 17.8. The lowest BCUT2D eigenvalue weighted by Crippen LogP contribution is -2.33. The first kappa shape index (κ1) is 17.3. The lowest BCUT2D eigenvalue weighted by molar-refractivity contribution is -0.121. The van der Waals surface area contributed by atoms with Crippen LogP contribution in [0.25, 0.3) is 0 Å². The summed E-state index contributed by atoms with van der Waals surface area (Å²) >= 11 is 0. The second-order valence-electron chi connectivity index (χ2n) is 6.50. The molecule has 2 aromatic carbocycles. The van der Waals surface area contributed by atoms with Crippen LogP contribution in [0.4, 0.5) is 4.39 Å². The van der Waals surface area contributed by atoms with Gasteiger partial charge in [0.25, 0.3) is 0 Å². The van der Waals surface area contributed by atoms with E-state index < -0.39 is 0 Å². The summed E-state index contributed by atoms with van der Waals surface area (Å²) < 4.78 is 24.4. The number of amides is 1. The maximum Gasteiger partial charge on any atom is 0.224 e. The summed E-state index contributed by atoms with van der Waals surface area (Å²) in [5.41, 5.74) is 1.62. The number of carbonyl (C=O) groups is 1. The van der Waals surface area contributed by atoms with Crippen LogP contribution in [-0.4, -0.2) is 19.1 Å². The van der Waals surface area contributed by atoms with Crippen LogP contribution in [0.15, 0.2) is 42.5 Å². The third kappa shape index (κ3) is 4.29. The molecule has 4 nitrogen and oxygen atoms in total. The summed E-state index contributed by atoms with van der Waals surface area (Å²) in [6.07, 6.45) is 0.144. The first-order valence-electron chi connectivity index (χ1n) is 8.46. The molecular formula is C20H22FNO3. The molecule has 0 aromatic heterocycles. The first-order valence-corrected chi connectivity index (χ1v) is 8.46. The normalized spacial score (nSPS) is 14.2. The number of fused-ring (bicyclic) bond motifs is 1. The fourth-order valence-corrected chi connectivity index (χ4v) is 2.95. The summed E-state index contributed by atoms with van der Waals surface area (Å²) in [6, 6.07) is 11.7. The molecule has 0 radical (unpaired) electrons. The van der Waals surface area contributed by atoms with Crippen molar-refractivity contribution in [2.24, 2.45) is 5.92 Å². The van der Waals surface area contributed by atoms with Gasteiger partial charge >= 0.3 is 0 Å². The fourth-order valence-electron chi connectivity index (χ4n) is 2.95. The molecule has 0 bridgehead atoms. The van der Waals surface area contributed by atoms with Crippen molar-refractivity contribution >= 4 is 5.91 Å². The van der Waals surface area contributed by atoms with Crippen LogP contribution in [0.5, 0.6) is 11.5 Å². The number of hydrogen-bond donors (Lipinski definition) is 1. The average Bonchev–Trinajstić information content (AvgIpc) is 2.59. The predicted molar refractivity (Wildman–Crippen MR) is 93.3 cm³/mol. The van der Waals surface area contributed by atoms with Crippen LogP contribution < -0.4 is 14.8 Å². The Morgan fingerprint density at radius 3 is 2.60 bits per heavy atom. The highest BCUT2D eigenvalue weighted by molar-refractivity contribution is 5.79. The second kappa shape index (κ2) is 7.55. The van der Waals surface area contributed by atoms with Gasteiger partial charge in [0.05, 0.1) is 12.5 Å². The van der Waals surface area contributed by atoms with E-state index in [0.717, 1.165) is 11.3 Å². The molecular weight excluding hydrogens is 321 g/mol. The highest BCUT2D eigenvalue weighted by Gasteiger charge is 2.21. The molecule has 0 spiro atoms. The number of halogens is 1. The van der Waals surface area contributed by atoms with Gasteiger partial charge in [0.1, 0.15) is 19.0 Å². The molecule has 25 heavy (non-hydrogen) atoms. The number of rotatable bonds is 5. The van der Waals surface area contributed by atoms with Crippen molar-refractivity contribution in [3.8, 4) is 11.5 Å². The van der Waals surface area contributed by atoms with Gasteiger partial charge in [0.15, 0.2) is 11.5 Å². The molecule has 1 atom stereocenters. The minimum atomic E-state index is -0.336. The average molecular weight is 343 g/mol. The molecule has 3 rings (SSSR count). The third-order valence-electron chi connectivity index (χ3n) is 4.16. The van der Waals surface area contributed by atoms with E-state index in [1.807, 2.05) is 32.0 Å². The van der Waals surface area contributed by atoms with Crippen molar-refractivity contribution in [2.75, 3.05) is 13.2 Å². The molecule has 132 valence electrons. The molecule has 1 amide bonds. The molecule has 0 saturated carbocycles. The molecule has 0 fully saturated rings. The van der Waals surface area contributed by atoms with E-state index in [-0.39, 0.29) is 30.1 Å². The Kier molecular flexibility index (Phi) is 5.22. The molecule has 0 saturated heterocycles. The van der Waals surface area contributed by atoms with E-state index >= 15 is 0 Å². The van der Waals surface area contributed by atoms with E-state index in [2.05, 4.69) is 5.32 Å². The lowest BCUT2D eigenvalue weighted by atomic mass is 9.95. The maximum atomic E-state index is 13.3. The van der Waals surface area contributed by atoms with Crippen LogP contribution in [0.2, 0.25) is 0 Å². The topological polar surface area (TPSA) is 47.6 Å². The second-order valence-corrected chi connectivity index (χ2v) is 6.50. The van der Waals surface area contributed by atoms with Gasteiger partial charge in [0.2, 0.25) is 5.91 Å². The molecule has 1 heterocycles. The molecule has 5 heteroatoms. The molecule has 1 aliphatic rings. The van der Waals surface area contributed by atoms with Crippen molar-refractivity contribution in [1.82, 2.24) is 5.32 Å². The number of nitrogens with one attached hydrogen (secondary N) is 1. The zero-order valence-corrected chi connectivity index (χ0v) is 14.4. The molecule has 2 aromatic rings. The van der Waals surface area contributed by atoms with Crippen LogP contribution >= 0.6 is 0 Å². The summed E-state index contributed by atoms with van der Waals surface area (Å²) in [4.78, 5) is 12.4. The SMILES string of the molecule is CC(C)[C@@H](NC(=O)Cc1cccc(F)c1)c1ccc2c(c1)OCCO2. The van der Waals surface area contributed by atoms with Gasteiger partial charge in [-0.05, 0) is 41.3 Å². The fraction of sp³-hybridized carbons (Fsp3) is 0.350. The van der Waals surface area contributed by atoms with Gasteiger partial charge in [-0.15, -0.1) is 0 Å². The molecule has 1 N–H and O–H groups in total. The summed E-state index contributed by atoms with van der Waals surface area (Å²) in [5, 5.41) is 3.05.